The second-order valence-electron chi connectivity index (χ2n) is 6.51. The van der Waals surface area contributed by atoms with Gasteiger partial charge in [-0.1, -0.05) is 0 Å². The first kappa shape index (κ1) is 18.8. The van der Waals surface area contributed by atoms with Crippen LogP contribution in [0.2, 0.25) is 0 Å². The number of hydrogen-bond donors (Lipinski definition) is 1. The van der Waals surface area contributed by atoms with Crippen molar-refractivity contribution in [3.05, 3.63) is 47.0 Å². The van der Waals surface area contributed by atoms with Gasteiger partial charge in [-0.3, -0.25) is 4.79 Å². The molecule has 0 aliphatic carbocycles. The predicted molar refractivity (Wildman–Crippen MR) is 104 cm³/mol. The maximum atomic E-state index is 12.9. The first-order chi connectivity index (χ1) is 13.4. The summed E-state index contributed by atoms with van der Waals surface area (Å²) in [6, 6.07) is 8.04. The lowest BCUT2D eigenvalue weighted by Crippen LogP contribution is -2.28. The Kier molecular flexibility index (Phi) is 5.00. The predicted octanol–water partition coefficient (Wildman–Crippen LogP) is 2.93. The summed E-state index contributed by atoms with van der Waals surface area (Å²) >= 11 is 1.54. The summed E-state index contributed by atoms with van der Waals surface area (Å²) in [5, 5.41) is 14.7. The number of carbonyl (C=O) groups excluding carboxylic acids is 1. The third-order valence-corrected chi connectivity index (χ3v) is 7.08. The Morgan fingerprint density at radius 2 is 2.04 bits per heavy atom. The Hall–Kier alpha value is -2.56. The lowest BCUT2D eigenvalue weighted by atomic mass is 10.1. The Balaban J connectivity index is 1.48. The molecule has 3 aromatic rings. The zero-order valence-electron chi connectivity index (χ0n) is 15.0. The number of hydrogen-bond acceptors (Lipinski definition) is 7. The Bertz CT molecular complexity index is 1080. The Labute approximate surface area is 166 Å². The van der Waals surface area contributed by atoms with E-state index in [4.69, 9.17) is 4.42 Å². The van der Waals surface area contributed by atoms with Crippen LogP contribution in [0.5, 0.6) is 0 Å². The van der Waals surface area contributed by atoms with Crippen molar-refractivity contribution in [2.24, 2.45) is 0 Å². The van der Waals surface area contributed by atoms with Gasteiger partial charge in [0.15, 0.2) is 0 Å². The van der Waals surface area contributed by atoms with Gasteiger partial charge in [-0.2, -0.15) is 15.6 Å². The zero-order valence-corrected chi connectivity index (χ0v) is 16.7. The molecule has 0 radical (unpaired) electrons. The van der Waals surface area contributed by atoms with E-state index in [2.05, 4.69) is 15.5 Å². The normalized spacial score (nSPS) is 17.7. The van der Waals surface area contributed by atoms with Gasteiger partial charge in [-0.25, -0.2) is 8.42 Å². The summed E-state index contributed by atoms with van der Waals surface area (Å²) in [5.74, 6) is 0.568. The highest BCUT2D eigenvalue weighted by Gasteiger charge is 2.35. The number of thiophene rings is 1. The molecule has 0 saturated carbocycles. The molecule has 10 heteroatoms. The van der Waals surface area contributed by atoms with Crippen LogP contribution in [-0.2, 0) is 14.8 Å². The van der Waals surface area contributed by atoms with Crippen LogP contribution in [0.15, 0.2) is 50.4 Å². The first-order valence-electron chi connectivity index (χ1n) is 8.67. The maximum Gasteiger partial charge on any atom is 0.248 e. The van der Waals surface area contributed by atoms with Gasteiger partial charge in [0.2, 0.25) is 27.7 Å². The molecule has 8 nitrogen and oxygen atoms in total. The average Bonchev–Trinajstić information content (AvgIpc) is 3.40. The summed E-state index contributed by atoms with van der Waals surface area (Å²) in [6.45, 7) is 2.08. The maximum absolute atomic E-state index is 12.9. The summed E-state index contributed by atoms with van der Waals surface area (Å²) in [5.41, 5.74) is 1.42. The molecule has 2 aromatic heterocycles. The molecule has 1 aliphatic heterocycles. The van der Waals surface area contributed by atoms with Crippen LogP contribution >= 0.6 is 11.3 Å². The Morgan fingerprint density at radius 1 is 1.25 bits per heavy atom. The lowest BCUT2D eigenvalue weighted by Gasteiger charge is -2.16. The van der Waals surface area contributed by atoms with Gasteiger partial charge >= 0.3 is 0 Å². The fourth-order valence-electron chi connectivity index (χ4n) is 3.11. The van der Waals surface area contributed by atoms with E-state index in [1.54, 1.807) is 23.5 Å². The monoisotopic (exact) mass is 418 g/mol. The molecule has 1 saturated heterocycles. The molecule has 1 aromatic carbocycles. The highest BCUT2D eigenvalue weighted by atomic mass is 32.2. The number of amides is 1. The van der Waals surface area contributed by atoms with Crippen molar-refractivity contribution in [3.63, 3.8) is 0 Å². The van der Waals surface area contributed by atoms with E-state index < -0.39 is 10.0 Å². The molecular formula is C18H18N4O4S2. The van der Waals surface area contributed by atoms with Crippen molar-refractivity contribution in [2.45, 2.75) is 24.2 Å². The zero-order chi connectivity index (χ0) is 19.7. The van der Waals surface area contributed by atoms with E-state index in [1.165, 1.54) is 23.4 Å². The molecule has 1 aliphatic rings. The minimum Gasteiger partial charge on any atom is -0.420 e. The van der Waals surface area contributed by atoms with Crippen LogP contribution in [0.4, 0.5) is 5.69 Å². The third kappa shape index (κ3) is 3.71. The smallest absolute Gasteiger partial charge is 0.248 e. The number of sulfonamides is 1. The molecule has 4 rings (SSSR count). The van der Waals surface area contributed by atoms with Crippen molar-refractivity contribution in [2.75, 3.05) is 18.4 Å². The molecule has 0 bridgehead atoms. The molecular weight excluding hydrogens is 400 g/mol. The number of carbonyl (C=O) groups is 1. The SMILES string of the molecule is CC(=O)Nc1ccc(S(=O)(=O)N2CC[C@H](c3nnc(-c4ccsc4)o3)C2)cc1. The van der Waals surface area contributed by atoms with Crippen molar-refractivity contribution >= 4 is 33.0 Å². The van der Waals surface area contributed by atoms with Crippen molar-refractivity contribution in [1.29, 1.82) is 0 Å². The van der Waals surface area contributed by atoms with Crippen molar-refractivity contribution in [3.8, 4) is 11.5 Å². The molecule has 1 fully saturated rings. The first-order valence-corrected chi connectivity index (χ1v) is 11.1. The molecule has 0 spiro atoms. The van der Waals surface area contributed by atoms with Crippen molar-refractivity contribution in [1.82, 2.24) is 14.5 Å². The number of aromatic nitrogens is 2. The van der Waals surface area contributed by atoms with E-state index in [9.17, 15) is 13.2 Å². The average molecular weight is 419 g/mol. The van der Waals surface area contributed by atoms with Crippen LogP contribution in [0.1, 0.15) is 25.2 Å². The number of nitrogens with zero attached hydrogens (tertiary/aromatic N) is 3. The van der Waals surface area contributed by atoms with Gasteiger partial charge in [0.05, 0.1) is 10.8 Å². The van der Waals surface area contributed by atoms with E-state index in [0.29, 0.717) is 37.0 Å². The Morgan fingerprint density at radius 3 is 2.71 bits per heavy atom. The van der Waals surface area contributed by atoms with E-state index in [1.807, 2.05) is 16.8 Å². The highest BCUT2D eigenvalue weighted by Crippen LogP contribution is 2.32. The van der Waals surface area contributed by atoms with Gasteiger partial charge in [-0.15, -0.1) is 10.2 Å². The van der Waals surface area contributed by atoms with Gasteiger partial charge in [0, 0.05) is 36.6 Å². The molecule has 1 amide bonds. The van der Waals surface area contributed by atoms with Gasteiger partial charge in [0.25, 0.3) is 0 Å². The van der Waals surface area contributed by atoms with Crippen LogP contribution in [-0.4, -0.2) is 41.9 Å². The van der Waals surface area contributed by atoms with E-state index in [0.717, 1.165) is 5.56 Å². The standard InChI is InChI=1S/C18H18N4O4S2/c1-12(23)19-15-2-4-16(5-3-15)28(24,25)22-8-6-13(10-22)17-20-21-18(26-17)14-7-9-27-11-14/h2-5,7,9,11,13H,6,8,10H2,1H3,(H,19,23)/t13-/m0/s1. The minimum absolute atomic E-state index is 0.131. The van der Waals surface area contributed by atoms with Crippen molar-refractivity contribution < 1.29 is 17.6 Å². The third-order valence-electron chi connectivity index (χ3n) is 4.52. The van der Waals surface area contributed by atoms with Gasteiger partial charge < -0.3 is 9.73 Å². The fraction of sp³-hybridized carbons (Fsp3) is 0.278. The van der Waals surface area contributed by atoms with E-state index >= 15 is 0 Å². The summed E-state index contributed by atoms with van der Waals surface area (Å²) in [4.78, 5) is 11.3. The van der Waals surface area contributed by atoms with E-state index in [-0.39, 0.29) is 16.7 Å². The number of nitrogens with one attached hydrogen (secondary N) is 1. The molecule has 0 unspecified atom stereocenters. The number of anilines is 1. The molecule has 3 heterocycles. The van der Waals surface area contributed by atoms with Crippen LogP contribution in [0, 0.1) is 0 Å². The number of rotatable bonds is 5. The quantitative estimate of drug-likeness (QED) is 0.683. The summed E-state index contributed by atoms with van der Waals surface area (Å²) in [7, 11) is -3.63. The molecule has 1 atom stereocenters. The second-order valence-corrected chi connectivity index (χ2v) is 9.23. The topological polar surface area (TPSA) is 105 Å². The molecule has 28 heavy (non-hydrogen) atoms. The largest absolute Gasteiger partial charge is 0.420 e. The fourth-order valence-corrected chi connectivity index (χ4v) is 5.24. The van der Waals surface area contributed by atoms with Gasteiger partial charge in [-0.05, 0) is 42.1 Å². The number of benzene rings is 1. The molecule has 1 N–H and O–H groups in total. The second kappa shape index (κ2) is 7.46. The van der Waals surface area contributed by atoms with Crippen LogP contribution in [0.3, 0.4) is 0 Å². The lowest BCUT2D eigenvalue weighted by molar-refractivity contribution is -0.114. The summed E-state index contributed by atoms with van der Waals surface area (Å²) in [6.07, 6.45) is 0.620. The summed E-state index contributed by atoms with van der Waals surface area (Å²) < 4.78 is 33.0. The van der Waals surface area contributed by atoms with Crippen LogP contribution < -0.4 is 5.32 Å². The van der Waals surface area contributed by atoms with Gasteiger partial charge in [0.1, 0.15) is 0 Å². The minimum atomic E-state index is -3.63. The molecule has 146 valence electrons. The van der Waals surface area contributed by atoms with Crippen LogP contribution in [0.25, 0.3) is 11.5 Å². The highest BCUT2D eigenvalue weighted by molar-refractivity contribution is 7.89.